The van der Waals surface area contributed by atoms with Gasteiger partial charge in [-0.25, -0.2) is 0 Å². The van der Waals surface area contributed by atoms with Gasteiger partial charge in [-0.1, -0.05) is 38.1 Å². The van der Waals surface area contributed by atoms with E-state index in [2.05, 4.69) is 19.2 Å². The molecule has 0 radical (unpaired) electrons. The van der Waals surface area contributed by atoms with Crippen LogP contribution in [0.1, 0.15) is 44.2 Å². The van der Waals surface area contributed by atoms with E-state index >= 15 is 0 Å². The lowest BCUT2D eigenvalue weighted by Gasteiger charge is -2.23. The third-order valence-electron chi connectivity index (χ3n) is 3.55. The Morgan fingerprint density at radius 3 is 2.35 bits per heavy atom. The molecule has 0 fully saturated rings. The van der Waals surface area contributed by atoms with Crippen LogP contribution in [0.25, 0.3) is 0 Å². The van der Waals surface area contributed by atoms with Crippen molar-refractivity contribution in [2.24, 2.45) is 11.1 Å². The molecule has 0 saturated heterocycles. The van der Waals surface area contributed by atoms with Crippen LogP contribution in [0, 0.1) is 5.41 Å². The highest BCUT2D eigenvalue weighted by atomic mass is 16.3. The Labute approximate surface area is 121 Å². The molecular formula is C16H26N2O2. The maximum Gasteiger partial charge on any atom is 0.220 e. The van der Waals surface area contributed by atoms with Gasteiger partial charge in [-0.15, -0.1) is 0 Å². The van der Waals surface area contributed by atoms with Crippen LogP contribution in [-0.4, -0.2) is 17.6 Å². The predicted octanol–water partition coefficient (Wildman–Crippen LogP) is 1.95. The van der Waals surface area contributed by atoms with Gasteiger partial charge in [0.25, 0.3) is 0 Å². The number of carbonyl (C=O) groups excluding carboxylic acids is 1. The zero-order chi connectivity index (χ0) is 15.0. The van der Waals surface area contributed by atoms with Gasteiger partial charge in [-0.05, 0) is 35.9 Å². The molecule has 4 nitrogen and oxygen atoms in total. The van der Waals surface area contributed by atoms with Crippen LogP contribution in [0.15, 0.2) is 24.3 Å². The van der Waals surface area contributed by atoms with Crippen molar-refractivity contribution in [1.29, 1.82) is 0 Å². The van der Waals surface area contributed by atoms with Gasteiger partial charge in [0.2, 0.25) is 5.91 Å². The first kappa shape index (κ1) is 16.7. The van der Waals surface area contributed by atoms with E-state index in [9.17, 15) is 4.79 Å². The van der Waals surface area contributed by atoms with Gasteiger partial charge in [-0.2, -0.15) is 0 Å². The number of nitrogens with one attached hydrogen (secondary N) is 1. The third-order valence-corrected chi connectivity index (χ3v) is 3.55. The average Bonchev–Trinajstić information content (AvgIpc) is 2.43. The highest BCUT2D eigenvalue weighted by Crippen LogP contribution is 2.25. The van der Waals surface area contributed by atoms with Gasteiger partial charge in [0.1, 0.15) is 0 Å². The van der Waals surface area contributed by atoms with Gasteiger partial charge in [0, 0.05) is 13.0 Å². The molecule has 0 unspecified atom stereocenters. The minimum Gasteiger partial charge on any atom is -0.392 e. The van der Waals surface area contributed by atoms with Crippen LogP contribution in [-0.2, 0) is 17.9 Å². The maximum absolute atomic E-state index is 11.8. The normalized spacial score (nSPS) is 11.4. The molecule has 0 saturated carbocycles. The lowest BCUT2D eigenvalue weighted by Crippen LogP contribution is -2.25. The molecule has 1 amide bonds. The van der Waals surface area contributed by atoms with E-state index in [0.717, 1.165) is 24.0 Å². The second kappa shape index (κ2) is 8.02. The molecule has 1 aromatic carbocycles. The fraction of sp³-hybridized carbons (Fsp3) is 0.562. The predicted molar refractivity (Wildman–Crippen MR) is 80.9 cm³/mol. The summed E-state index contributed by atoms with van der Waals surface area (Å²) in [6.07, 6.45) is 2.31. The summed E-state index contributed by atoms with van der Waals surface area (Å²) in [7, 11) is 0. The summed E-state index contributed by atoms with van der Waals surface area (Å²) < 4.78 is 0. The van der Waals surface area contributed by atoms with Crippen molar-refractivity contribution in [2.45, 2.75) is 46.3 Å². The number of amides is 1. The molecular weight excluding hydrogens is 252 g/mol. The van der Waals surface area contributed by atoms with E-state index < -0.39 is 0 Å². The second-order valence-electron chi connectivity index (χ2n) is 5.95. The molecule has 4 N–H and O–H groups in total. The number of carbonyl (C=O) groups is 1. The first-order valence-corrected chi connectivity index (χ1v) is 7.12. The van der Waals surface area contributed by atoms with E-state index in [1.54, 1.807) is 0 Å². The summed E-state index contributed by atoms with van der Waals surface area (Å²) >= 11 is 0. The third kappa shape index (κ3) is 6.17. The van der Waals surface area contributed by atoms with Crippen molar-refractivity contribution < 1.29 is 9.90 Å². The Kier molecular flexibility index (Phi) is 6.68. The molecule has 0 aliphatic rings. The number of rotatable bonds is 8. The highest BCUT2D eigenvalue weighted by molar-refractivity contribution is 5.75. The van der Waals surface area contributed by atoms with Crippen molar-refractivity contribution in [3.63, 3.8) is 0 Å². The van der Waals surface area contributed by atoms with Crippen LogP contribution in [0.3, 0.4) is 0 Å². The van der Waals surface area contributed by atoms with Gasteiger partial charge >= 0.3 is 0 Å². The summed E-state index contributed by atoms with van der Waals surface area (Å²) in [6, 6.07) is 7.58. The number of hydrogen-bond donors (Lipinski definition) is 3. The van der Waals surface area contributed by atoms with Gasteiger partial charge in [0.15, 0.2) is 0 Å². The minimum absolute atomic E-state index is 0.0445. The molecule has 0 aromatic heterocycles. The minimum atomic E-state index is 0.0445. The number of benzene rings is 1. The first-order valence-electron chi connectivity index (χ1n) is 7.12. The second-order valence-corrected chi connectivity index (χ2v) is 5.95. The molecule has 20 heavy (non-hydrogen) atoms. The van der Waals surface area contributed by atoms with Crippen molar-refractivity contribution >= 4 is 5.91 Å². The summed E-state index contributed by atoms with van der Waals surface area (Å²) in [4.78, 5) is 11.8. The monoisotopic (exact) mass is 278 g/mol. The van der Waals surface area contributed by atoms with Gasteiger partial charge < -0.3 is 16.2 Å². The van der Waals surface area contributed by atoms with Gasteiger partial charge in [-0.3, -0.25) is 4.79 Å². The molecule has 4 heteroatoms. The quantitative estimate of drug-likeness (QED) is 0.680. The van der Waals surface area contributed by atoms with E-state index in [4.69, 9.17) is 10.8 Å². The molecule has 1 aromatic rings. The number of aliphatic hydroxyl groups excluding tert-OH is 1. The molecule has 112 valence electrons. The van der Waals surface area contributed by atoms with Crippen LogP contribution >= 0.6 is 0 Å². The molecule has 1 rings (SSSR count). The van der Waals surface area contributed by atoms with E-state index in [1.165, 1.54) is 0 Å². The molecule has 0 spiro atoms. The van der Waals surface area contributed by atoms with E-state index in [0.29, 0.717) is 19.5 Å². The lowest BCUT2D eigenvalue weighted by molar-refractivity contribution is -0.121. The largest absolute Gasteiger partial charge is 0.392 e. The topological polar surface area (TPSA) is 75.4 Å². The average molecular weight is 278 g/mol. The Morgan fingerprint density at radius 2 is 1.80 bits per heavy atom. The summed E-state index contributed by atoms with van der Waals surface area (Å²) in [5.74, 6) is 0.0707. The fourth-order valence-electron chi connectivity index (χ4n) is 2.02. The first-order chi connectivity index (χ1) is 9.46. The maximum atomic E-state index is 11.8. The van der Waals surface area contributed by atoms with E-state index in [-0.39, 0.29) is 17.9 Å². The fourth-order valence-corrected chi connectivity index (χ4v) is 2.02. The Bertz CT molecular complexity index is 413. The zero-order valence-electron chi connectivity index (χ0n) is 12.5. The van der Waals surface area contributed by atoms with Crippen molar-refractivity contribution in [3.8, 4) is 0 Å². The lowest BCUT2D eigenvalue weighted by atomic mass is 9.84. The van der Waals surface area contributed by atoms with Gasteiger partial charge in [0.05, 0.1) is 6.61 Å². The molecule has 0 aliphatic carbocycles. The number of aliphatic hydroxyl groups is 1. The standard InChI is InChI=1S/C16H26N2O2/c1-16(2,9-10-17)8-7-15(20)18-11-13-3-5-14(12-19)6-4-13/h3-6,19H,7-12,17H2,1-2H3,(H,18,20). The van der Waals surface area contributed by atoms with Crippen molar-refractivity contribution in [1.82, 2.24) is 5.32 Å². The summed E-state index contributed by atoms with van der Waals surface area (Å²) in [6.45, 7) is 5.51. The SMILES string of the molecule is CC(C)(CCN)CCC(=O)NCc1ccc(CO)cc1. The Morgan fingerprint density at radius 1 is 1.20 bits per heavy atom. The van der Waals surface area contributed by atoms with Crippen LogP contribution in [0.4, 0.5) is 0 Å². The Balaban J connectivity index is 2.32. The number of hydrogen-bond acceptors (Lipinski definition) is 3. The molecule has 0 heterocycles. The summed E-state index contributed by atoms with van der Waals surface area (Å²) in [5.41, 5.74) is 7.60. The van der Waals surface area contributed by atoms with Crippen LogP contribution in [0.2, 0.25) is 0 Å². The Hall–Kier alpha value is -1.39. The molecule has 0 aliphatic heterocycles. The smallest absolute Gasteiger partial charge is 0.220 e. The molecule has 0 bridgehead atoms. The van der Waals surface area contributed by atoms with Crippen LogP contribution in [0.5, 0.6) is 0 Å². The van der Waals surface area contributed by atoms with Crippen LogP contribution < -0.4 is 11.1 Å². The summed E-state index contributed by atoms with van der Waals surface area (Å²) in [5, 5.41) is 11.9. The zero-order valence-corrected chi connectivity index (χ0v) is 12.5. The van der Waals surface area contributed by atoms with Crippen molar-refractivity contribution in [2.75, 3.05) is 6.54 Å². The van der Waals surface area contributed by atoms with Crippen molar-refractivity contribution in [3.05, 3.63) is 35.4 Å². The molecule has 0 atom stereocenters. The highest BCUT2D eigenvalue weighted by Gasteiger charge is 2.18. The van der Waals surface area contributed by atoms with E-state index in [1.807, 2.05) is 24.3 Å². The number of nitrogens with two attached hydrogens (primary N) is 1.